The second-order valence-electron chi connectivity index (χ2n) is 4.62. The molecule has 1 aromatic carbocycles. The highest BCUT2D eigenvalue weighted by Gasteiger charge is 2.21. The lowest BCUT2D eigenvalue weighted by Crippen LogP contribution is -2.30. The van der Waals surface area contributed by atoms with Crippen LogP contribution in [0.3, 0.4) is 0 Å². The zero-order chi connectivity index (χ0) is 12.5. The van der Waals surface area contributed by atoms with Gasteiger partial charge < -0.3 is 5.32 Å². The van der Waals surface area contributed by atoms with Crippen LogP contribution in [-0.4, -0.2) is 18.1 Å². The summed E-state index contributed by atoms with van der Waals surface area (Å²) in [5, 5.41) is 4.34. The fourth-order valence-electron chi connectivity index (χ4n) is 2.34. The molecule has 1 aromatic heterocycles. The fourth-order valence-corrected chi connectivity index (χ4v) is 3.53. The molecule has 1 N–H and O–H groups in total. The van der Waals surface area contributed by atoms with E-state index in [9.17, 15) is 4.39 Å². The summed E-state index contributed by atoms with van der Waals surface area (Å²) in [5.74, 6) is -0.199. The number of thiazole rings is 1. The van der Waals surface area contributed by atoms with Crippen molar-refractivity contribution in [2.45, 2.75) is 25.3 Å². The third-order valence-electron chi connectivity index (χ3n) is 3.44. The number of hydrogen-bond acceptors (Lipinski definition) is 3. The molecule has 1 heterocycles. The SMILES string of the molecule is CNC1CCc2nc(-c3ccc(F)cc3)sc2C1. The van der Waals surface area contributed by atoms with Crippen molar-refractivity contribution in [1.29, 1.82) is 0 Å². The van der Waals surface area contributed by atoms with E-state index in [0.717, 1.165) is 29.8 Å². The number of hydrogen-bond donors (Lipinski definition) is 1. The molecule has 0 radical (unpaired) electrons. The van der Waals surface area contributed by atoms with E-state index in [4.69, 9.17) is 0 Å². The smallest absolute Gasteiger partial charge is 0.123 e. The van der Waals surface area contributed by atoms with E-state index in [0.29, 0.717) is 6.04 Å². The number of rotatable bonds is 2. The van der Waals surface area contributed by atoms with Gasteiger partial charge in [0.1, 0.15) is 10.8 Å². The van der Waals surface area contributed by atoms with Crippen LogP contribution in [0.2, 0.25) is 0 Å². The van der Waals surface area contributed by atoms with Crippen molar-refractivity contribution in [2.24, 2.45) is 0 Å². The van der Waals surface area contributed by atoms with Crippen LogP contribution in [0.1, 0.15) is 17.0 Å². The number of likely N-dealkylation sites (N-methyl/N-ethyl adjacent to an activating group) is 1. The maximum Gasteiger partial charge on any atom is 0.123 e. The van der Waals surface area contributed by atoms with Gasteiger partial charge in [-0.15, -0.1) is 11.3 Å². The summed E-state index contributed by atoms with van der Waals surface area (Å²) in [6.07, 6.45) is 3.25. The molecule has 3 rings (SSSR count). The Morgan fingerprint density at radius 1 is 1.33 bits per heavy atom. The zero-order valence-corrected chi connectivity index (χ0v) is 11.1. The van der Waals surface area contributed by atoms with Crippen molar-refractivity contribution in [3.8, 4) is 10.6 Å². The lowest BCUT2D eigenvalue weighted by Gasteiger charge is -2.19. The molecular formula is C14H15FN2S. The molecule has 0 spiro atoms. The molecule has 0 saturated heterocycles. The van der Waals surface area contributed by atoms with Crippen LogP contribution in [0.4, 0.5) is 4.39 Å². The van der Waals surface area contributed by atoms with Gasteiger partial charge in [-0.25, -0.2) is 9.37 Å². The maximum absolute atomic E-state index is 12.9. The number of fused-ring (bicyclic) bond motifs is 1. The highest BCUT2D eigenvalue weighted by molar-refractivity contribution is 7.15. The molecule has 0 bridgehead atoms. The molecule has 2 nitrogen and oxygen atoms in total. The predicted molar refractivity (Wildman–Crippen MR) is 72.4 cm³/mol. The van der Waals surface area contributed by atoms with Crippen LogP contribution in [0.15, 0.2) is 24.3 Å². The number of nitrogens with one attached hydrogen (secondary N) is 1. The van der Waals surface area contributed by atoms with Gasteiger partial charge in [-0.3, -0.25) is 0 Å². The van der Waals surface area contributed by atoms with Crippen molar-refractivity contribution in [1.82, 2.24) is 10.3 Å². The summed E-state index contributed by atoms with van der Waals surface area (Å²) in [5.41, 5.74) is 2.24. The van der Waals surface area contributed by atoms with Crippen LogP contribution in [-0.2, 0) is 12.8 Å². The van der Waals surface area contributed by atoms with Crippen LogP contribution in [0.5, 0.6) is 0 Å². The molecule has 1 aliphatic rings. The topological polar surface area (TPSA) is 24.9 Å². The zero-order valence-electron chi connectivity index (χ0n) is 10.2. The standard InChI is InChI=1S/C14H15FN2S/c1-16-11-6-7-12-13(8-11)18-14(17-12)9-2-4-10(15)5-3-9/h2-5,11,16H,6-8H2,1H3. The average molecular weight is 262 g/mol. The monoisotopic (exact) mass is 262 g/mol. The summed E-state index contributed by atoms with van der Waals surface area (Å²) >= 11 is 1.74. The van der Waals surface area contributed by atoms with E-state index in [1.54, 1.807) is 23.5 Å². The second kappa shape index (κ2) is 4.78. The molecule has 1 unspecified atom stereocenters. The summed E-state index contributed by atoms with van der Waals surface area (Å²) in [6, 6.07) is 7.15. The van der Waals surface area contributed by atoms with Gasteiger partial charge in [0.15, 0.2) is 0 Å². The minimum absolute atomic E-state index is 0.199. The Bertz CT molecular complexity index is 547. The number of benzene rings is 1. The minimum atomic E-state index is -0.199. The van der Waals surface area contributed by atoms with E-state index in [1.165, 1.54) is 22.7 Å². The van der Waals surface area contributed by atoms with Gasteiger partial charge in [-0.2, -0.15) is 0 Å². The van der Waals surface area contributed by atoms with Gasteiger partial charge in [0.25, 0.3) is 0 Å². The summed E-state index contributed by atoms with van der Waals surface area (Å²) in [4.78, 5) is 6.06. The normalized spacial score (nSPS) is 18.7. The first-order valence-electron chi connectivity index (χ1n) is 6.18. The van der Waals surface area contributed by atoms with Crippen LogP contribution >= 0.6 is 11.3 Å². The Balaban J connectivity index is 1.91. The first-order chi connectivity index (χ1) is 8.76. The van der Waals surface area contributed by atoms with Crippen LogP contribution < -0.4 is 5.32 Å². The molecule has 0 aliphatic heterocycles. The Kier molecular flexibility index (Phi) is 3.14. The van der Waals surface area contributed by atoms with Gasteiger partial charge >= 0.3 is 0 Å². The Hall–Kier alpha value is -1.26. The first-order valence-corrected chi connectivity index (χ1v) is 6.99. The van der Waals surface area contributed by atoms with Crippen molar-refractivity contribution in [3.05, 3.63) is 40.7 Å². The molecular weight excluding hydrogens is 247 g/mol. The summed E-state index contributed by atoms with van der Waals surface area (Å²) < 4.78 is 12.9. The highest BCUT2D eigenvalue weighted by atomic mass is 32.1. The van der Waals surface area contributed by atoms with Crippen molar-refractivity contribution < 1.29 is 4.39 Å². The lowest BCUT2D eigenvalue weighted by atomic mass is 9.98. The highest BCUT2D eigenvalue weighted by Crippen LogP contribution is 2.32. The van der Waals surface area contributed by atoms with E-state index >= 15 is 0 Å². The maximum atomic E-state index is 12.9. The van der Waals surface area contributed by atoms with Gasteiger partial charge in [-0.1, -0.05) is 0 Å². The molecule has 2 aromatic rings. The Labute approximate surface area is 110 Å². The molecule has 0 saturated carbocycles. The van der Waals surface area contributed by atoms with E-state index in [1.807, 2.05) is 7.05 Å². The number of aryl methyl sites for hydroxylation is 1. The molecule has 0 amide bonds. The van der Waals surface area contributed by atoms with Crippen LogP contribution in [0.25, 0.3) is 10.6 Å². The first kappa shape index (κ1) is 11.8. The van der Waals surface area contributed by atoms with E-state index in [-0.39, 0.29) is 5.82 Å². The van der Waals surface area contributed by atoms with Gasteiger partial charge in [0.05, 0.1) is 5.69 Å². The number of halogens is 1. The van der Waals surface area contributed by atoms with E-state index in [2.05, 4.69) is 10.3 Å². The Morgan fingerprint density at radius 2 is 2.11 bits per heavy atom. The Morgan fingerprint density at radius 3 is 2.83 bits per heavy atom. The minimum Gasteiger partial charge on any atom is -0.317 e. The summed E-state index contributed by atoms with van der Waals surface area (Å²) in [7, 11) is 2.01. The van der Waals surface area contributed by atoms with Crippen molar-refractivity contribution in [2.75, 3.05) is 7.05 Å². The molecule has 4 heteroatoms. The third kappa shape index (κ3) is 2.18. The van der Waals surface area contributed by atoms with Crippen molar-refractivity contribution in [3.63, 3.8) is 0 Å². The largest absolute Gasteiger partial charge is 0.317 e. The lowest BCUT2D eigenvalue weighted by molar-refractivity contribution is 0.497. The molecule has 1 aliphatic carbocycles. The average Bonchev–Trinajstić information content (AvgIpc) is 2.82. The fraction of sp³-hybridized carbons (Fsp3) is 0.357. The quantitative estimate of drug-likeness (QED) is 0.900. The summed E-state index contributed by atoms with van der Waals surface area (Å²) in [6.45, 7) is 0. The van der Waals surface area contributed by atoms with Crippen LogP contribution in [0, 0.1) is 5.82 Å². The third-order valence-corrected chi connectivity index (χ3v) is 4.61. The molecule has 18 heavy (non-hydrogen) atoms. The second-order valence-corrected chi connectivity index (χ2v) is 5.71. The molecule has 0 fully saturated rings. The number of aromatic nitrogens is 1. The van der Waals surface area contributed by atoms with Gasteiger partial charge in [0.2, 0.25) is 0 Å². The van der Waals surface area contributed by atoms with E-state index < -0.39 is 0 Å². The molecule has 94 valence electrons. The predicted octanol–water partition coefficient (Wildman–Crippen LogP) is 3.03. The number of nitrogens with zero attached hydrogens (tertiary/aromatic N) is 1. The van der Waals surface area contributed by atoms with Gasteiger partial charge in [-0.05, 0) is 50.6 Å². The molecule has 1 atom stereocenters. The van der Waals surface area contributed by atoms with Crippen molar-refractivity contribution >= 4 is 11.3 Å². The van der Waals surface area contributed by atoms with Gasteiger partial charge in [0, 0.05) is 16.5 Å².